The Balaban J connectivity index is 1.96. The third kappa shape index (κ3) is 2.52. The molecule has 0 radical (unpaired) electrons. The van der Waals surface area contributed by atoms with Gasteiger partial charge in [0, 0.05) is 0 Å². The minimum Gasteiger partial charge on any atom is -0.213 e. The first-order valence-corrected chi connectivity index (χ1v) is 5.55. The summed E-state index contributed by atoms with van der Waals surface area (Å²) in [6.07, 6.45) is 9.64. The molecule has 0 atom stereocenters. The van der Waals surface area contributed by atoms with Crippen LogP contribution in [0.15, 0.2) is 18.6 Å². The monoisotopic (exact) mass is 204 g/mol. The van der Waals surface area contributed by atoms with Gasteiger partial charge in [-0.1, -0.05) is 26.2 Å². The van der Waals surface area contributed by atoms with Crippen molar-refractivity contribution in [3.63, 3.8) is 0 Å². The summed E-state index contributed by atoms with van der Waals surface area (Å²) in [5.74, 6) is 0. The molecule has 0 aliphatic carbocycles. The van der Waals surface area contributed by atoms with Gasteiger partial charge in [0.2, 0.25) is 0 Å². The molecule has 4 heteroatoms. The van der Waals surface area contributed by atoms with Crippen molar-refractivity contribution >= 4 is 5.65 Å². The zero-order valence-electron chi connectivity index (χ0n) is 9.06. The molecule has 0 saturated carbocycles. The number of aryl methyl sites for hydroxylation is 1. The highest BCUT2D eigenvalue weighted by atomic mass is 15.4. The molecule has 0 bridgehead atoms. The molecule has 0 aromatic carbocycles. The fourth-order valence-corrected chi connectivity index (χ4v) is 1.65. The molecule has 80 valence electrons. The zero-order chi connectivity index (χ0) is 10.5. The van der Waals surface area contributed by atoms with Crippen LogP contribution in [0, 0.1) is 0 Å². The lowest BCUT2D eigenvalue weighted by Gasteiger charge is -2.00. The Bertz CT molecular complexity index is 421. The average Bonchev–Trinajstić information content (AvgIpc) is 2.71. The number of fused-ring (bicyclic) bond motifs is 1. The van der Waals surface area contributed by atoms with Gasteiger partial charge in [0.05, 0.1) is 6.20 Å². The Morgan fingerprint density at radius 2 is 2.13 bits per heavy atom. The van der Waals surface area contributed by atoms with Crippen LogP contribution in [0.4, 0.5) is 0 Å². The van der Waals surface area contributed by atoms with E-state index in [-0.39, 0.29) is 0 Å². The van der Waals surface area contributed by atoms with Crippen LogP contribution in [-0.4, -0.2) is 19.8 Å². The Hall–Kier alpha value is -1.45. The first-order chi connectivity index (χ1) is 7.40. The molecule has 15 heavy (non-hydrogen) atoms. The van der Waals surface area contributed by atoms with E-state index in [2.05, 4.69) is 28.2 Å². The van der Waals surface area contributed by atoms with Gasteiger partial charge in [0.15, 0.2) is 5.65 Å². The van der Waals surface area contributed by atoms with Crippen molar-refractivity contribution in [1.82, 2.24) is 19.8 Å². The highest BCUT2D eigenvalue weighted by Crippen LogP contribution is 2.08. The summed E-state index contributed by atoms with van der Waals surface area (Å²) in [6, 6.07) is 2.06. The summed E-state index contributed by atoms with van der Waals surface area (Å²) in [6.45, 7) is 2.23. The maximum absolute atomic E-state index is 4.18. The predicted molar refractivity (Wildman–Crippen MR) is 58.6 cm³/mol. The fraction of sp³-hybridized carbons (Fsp3) is 0.545. The maximum atomic E-state index is 4.18. The molecule has 0 aliphatic heterocycles. The van der Waals surface area contributed by atoms with E-state index >= 15 is 0 Å². The molecule has 2 rings (SSSR count). The van der Waals surface area contributed by atoms with Crippen LogP contribution < -0.4 is 0 Å². The van der Waals surface area contributed by atoms with E-state index in [4.69, 9.17) is 0 Å². The summed E-state index contributed by atoms with van der Waals surface area (Å²) < 4.78 is 1.55. The molecule has 4 nitrogen and oxygen atoms in total. The number of hydrogen-bond donors (Lipinski definition) is 0. The summed E-state index contributed by atoms with van der Waals surface area (Å²) in [5, 5.41) is 8.15. The molecule has 0 saturated heterocycles. The Morgan fingerprint density at radius 3 is 3.00 bits per heavy atom. The van der Waals surface area contributed by atoms with Gasteiger partial charge in [-0.2, -0.15) is 5.10 Å². The maximum Gasteiger partial charge on any atom is 0.176 e. The van der Waals surface area contributed by atoms with Gasteiger partial charge in [-0.3, -0.25) is 0 Å². The summed E-state index contributed by atoms with van der Waals surface area (Å²) in [7, 11) is 0. The van der Waals surface area contributed by atoms with Crippen molar-refractivity contribution in [1.29, 1.82) is 0 Å². The first-order valence-electron chi connectivity index (χ1n) is 5.55. The van der Waals surface area contributed by atoms with E-state index in [9.17, 15) is 0 Å². The molecule has 0 aliphatic rings. The highest BCUT2D eigenvalue weighted by Gasteiger charge is 1.99. The Kier molecular flexibility index (Phi) is 3.27. The van der Waals surface area contributed by atoms with Crippen LogP contribution >= 0.6 is 0 Å². The molecule has 2 aromatic heterocycles. The smallest absolute Gasteiger partial charge is 0.176 e. The quantitative estimate of drug-likeness (QED) is 0.701. The van der Waals surface area contributed by atoms with Gasteiger partial charge < -0.3 is 0 Å². The molecule has 0 amide bonds. The first kappa shape index (κ1) is 10.1. The standard InChI is InChI=1S/C11H16N4/c1-2-3-4-5-6-10-7-11-12-9-14-15(11)13-8-10/h7-9H,2-6H2,1H3. The van der Waals surface area contributed by atoms with Gasteiger partial charge in [-0.05, 0) is 24.5 Å². The van der Waals surface area contributed by atoms with Crippen LogP contribution in [0.25, 0.3) is 5.65 Å². The second-order valence-electron chi connectivity index (χ2n) is 3.78. The van der Waals surface area contributed by atoms with E-state index in [1.807, 2.05) is 6.20 Å². The lowest BCUT2D eigenvalue weighted by atomic mass is 10.1. The Morgan fingerprint density at radius 1 is 1.20 bits per heavy atom. The van der Waals surface area contributed by atoms with Gasteiger partial charge in [0.1, 0.15) is 6.33 Å². The highest BCUT2D eigenvalue weighted by molar-refractivity contribution is 5.36. The molecular weight excluding hydrogens is 188 g/mol. The third-order valence-electron chi connectivity index (χ3n) is 2.52. The minimum atomic E-state index is 0.836. The molecule has 0 spiro atoms. The Labute approximate surface area is 89.3 Å². The lowest BCUT2D eigenvalue weighted by Crippen LogP contribution is -1.96. The normalized spacial score (nSPS) is 11.0. The number of aromatic nitrogens is 4. The third-order valence-corrected chi connectivity index (χ3v) is 2.52. The zero-order valence-corrected chi connectivity index (χ0v) is 9.06. The summed E-state index contributed by atoms with van der Waals surface area (Å²) in [4.78, 5) is 4.11. The fourth-order valence-electron chi connectivity index (χ4n) is 1.65. The van der Waals surface area contributed by atoms with Crippen molar-refractivity contribution in [2.75, 3.05) is 0 Å². The molecule has 0 fully saturated rings. The lowest BCUT2D eigenvalue weighted by molar-refractivity contribution is 0.663. The van der Waals surface area contributed by atoms with Crippen molar-refractivity contribution in [3.8, 4) is 0 Å². The second kappa shape index (κ2) is 4.87. The van der Waals surface area contributed by atoms with Crippen LogP contribution in [0.3, 0.4) is 0 Å². The number of unbranched alkanes of at least 4 members (excludes halogenated alkanes) is 3. The summed E-state index contributed by atoms with van der Waals surface area (Å²) in [5.41, 5.74) is 2.09. The van der Waals surface area contributed by atoms with Crippen molar-refractivity contribution < 1.29 is 0 Å². The van der Waals surface area contributed by atoms with Gasteiger partial charge in [-0.25, -0.2) is 4.98 Å². The van der Waals surface area contributed by atoms with Gasteiger partial charge in [-0.15, -0.1) is 9.73 Å². The summed E-state index contributed by atoms with van der Waals surface area (Å²) >= 11 is 0. The molecule has 0 N–H and O–H groups in total. The van der Waals surface area contributed by atoms with Crippen LogP contribution in [0.1, 0.15) is 38.2 Å². The van der Waals surface area contributed by atoms with Crippen LogP contribution in [0.2, 0.25) is 0 Å². The molecular formula is C11H16N4. The predicted octanol–water partition coefficient (Wildman–Crippen LogP) is 2.25. The number of rotatable bonds is 5. The van der Waals surface area contributed by atoms with E-state index in [1.54, 1.807) is 4.63 Å². The molecule has 0 unspecified atom stereocenters. The second-order valence-corrected chi connectivity index (χ2v) is 3.78. The number of hydrogen-bond acceptors (Lipinski definition) is 3. The topological polar surface area (TPSA) is 43.1 Å². The van der Waals surface area contributed by atoms with Crippen LogP contribution in [0.5, 0.6) is 0 Å². The minimum absolute atomic E-state index is 0.836. The van der Waals surface area contributed by atoms with Gasteiger partial charge >= 0.3 is 0 Å². The van der Waals surface area contributed by atoms with Crippen molar-refractivity contribution in [2.24, 2.45) is 0 Å². The molecule has 2 heterocycles. The van der Waals surface area contributed by atoms with E-state index in [0.29, 0.717) is 0 Å². The van der Waals surface area contributed by atoms with Crippen LogP contribution in [-0.2, 0) is 6.42 Å². The number of nitrogens with zero attached hydrogens (tertiary/aromatic N) is 4. The molecule has 2 aromatic rings. The van der Waals surface area contributed by atoms with E-state index in [1.165, 1.54) is 37.6 Å². The largest absolute Gasteiger partial charge is 0.213 e. The van der Waals surface area contributed by atoms with E-state index < -0.39 is 0 Å². The SMILES string of the molecule is CCCCCCc1cnn2ncnc2c1. The average molecular weight is 204 g/mol. The van der Waals surface area contributed by atoms with Gasteiger partial charge in [0.25, 0.3) is 0 Å². The van der Waals surface area contributed by atoms with Crippen molar-refractivity contribution in [3.05, 3.63) is 24.2 Å². The van der Waals surface area contributed by atoms with Crippen molar-refractivity contribution in [2.45, 2.75) is 39.0 Å². The van der Waals surface area contributed by atoms with E-state index in [0.717, 1.165) is 12.1 Å².